The molecule has 2 fully saturated rings. The van der Waals surface area contributed by atoms with E-state index in [2.05, 4.69) is 10.2 Å². The van der Waals surface area contributed by atoms with Crippen molar-refractivity contribution in [2.45, 2.75) is 31.4 Å². The molecule has 3 heterocycles. The number of amides is 1. The van der Waals surface area contributed by atoms with Gasteiger partial charge < -0.3 is 14.6 Å². The maximum Gasteiger partial charge on any atom is 0.255 e. The Morgan fingerprint density at radius 3 is 2.77 bits per heavy atom. The standard InChI is InChI=1S/C20H25N3O3/c1-22-17-5-3-2-4-15(17)12-16(19(22)25)13-23-9-7-20(8-10-23)14-21-18(24)6-11-26-20/h2-5,12H,6-11,13-14H2,1H3,(H,21,24). The van der Waals surface area contributed by atoms with Crippen molar-refractivity contribution in [3.63, 3.8) is 0 Å². The second-order valence-electron chi connectivity index (χ2n) is 7.43. The van der Waals surface area contributed by atoms with Gasteiger partial charge in [0, 0.05) is 45.2 Å². The average Bonchev–Trinajstić information content (AvgIpc) is 2.83. The molecule has 1 N–H and O–H groups in total. The van der Waals surface area contributed by atoms with Gasteiger partial charge in [-0.2, -0.15) is 0 Å². The van der Waals surface area contributed by atoms with Gasteiger partial charge in [-0.25, -0.2) is 0 Å². The minimum atomic E-state index is -0.239. The molecule has 6 nitrogen and oxygen atoms in total. The number of hydrogen-bond acceptors (Lipinski definition) is 4. The molecule has 138 valence electrons. The number of fused-ring (bicyclic) bond motifs is 1. The Labute approximate surface area is 152 Å². The molecule has 0 unspecified atom stereocenters. The summed E-state index contributed by atoms with van der Waals surface area (Å²) in [6, 6.07) is 9.99. The molecule has 0 radical (unpaired) electrons. The number of carbonyl (C=O) groups excluding carboxylic acids is 1. The molecule has 1 amide bonds. The van der Waals surface area contributed by atoms with Crippen molar-refractivity contribution in [3.8, 4) is 0 Å². The first-order valence-corrected chi connectivity index (χ1v) is 9.27. The minimum Gasteiger partial charge on any atom is -0.373 e. The molecule has 0 bridgehead atoms. The highest BCUT2D eigenvalue weighted by Crippen LogP contribution is 2.28. The molecule has 2 aliphatic rings. The van der Waals surface area contributed by atoms with Crippen molar-refractivity contribution in [1.29, 1.82) is 0 Å². The number of para-hydroxylation sites is 1. The number of nitrogens with one attached hydrogen (secondary N) is 1. The monoisotopic (exact) mass is 355 g/mol. The van der Waals surface area contributed by atoms with Gasteiger partial charge in [0.1, 0.15) is 0 Å². The maximum absolute atomic E-state index is 12.7. The molecule has 0 saturated carbocycles. The van der Waals surface area contributed by atoms with Crippen LogP contribution < -0.4 is 10.9 Å². The summed E-state index contributed by atoms with van der Waals surface area (Å²) < 4.78 is 7.76. The summed E-state index contributed by atoms with van der Waals surface area (Å²) in [7, 11) is 1.83. The number of pyridine rings is 1. The normalized spacial score (nSPS) is 20.9. The van der Waals surface area contributed by atoms with Crippen molar-refractivity contribution in [2.24, 2.45) is 7.05 Å². The highest BCUT2D eigenvalue weighted by atomic mass is 16.5. The van der Waals surface area contributed by atoms with Crippen LogP contribution in [-0.2, 0) is 23.1 Å². The number of likely N-dealkylation sites (tertiary alicyclic amines) is 1. The Morgan fingerprint density at radius 1 is 1.19 bits per heavy atom. The van der Waals surface area contributed by atoms with E-state index in [4.69, 9.17) is 4.74 Å². The van der Waals surface area contributed by atoms with E-state index in [0.29, 0.717) is 26.1 Å². The fourth-order valence-electron chi connectivity index (χ4n) is 4.04. The van der Waals surface area contributed by atoms with Crippen LogP contribution in [-0.4, -0.2) is 47.2 Å². The van der Waals surface area contributed by atoms with Crippen LogP contribution in [0.15, 0.2) is 35.1 Å². The fourth-order valence-corrected chi connectivity index (χ4v) is 4.04. The lowest BCUT2D eigenvalue weighted by atomic mass is 9.90. The van der Waals surface area contributed by atoms with E-state index in [1.54, 1.807) is 4.57 Å². The van der Waals surface area contributed by atoms with E-state index in [1.807, 2.05) is 37.4 Å². The highest BCUT2D eigenvalue weighted by Gasteiger charge is 2.37. The van der Waals surface area contributed by atoms with Crippen LogP contribution in [0.25, 0.3) is 10.9 Å². The number of rotatable bonds is 2. The van der Waals surface area contributed by atoms with Gasteiger partial charge in [0.05, 0.1) is 17.7 Å². The van der Waals surface area contributed by atoms with Gasteiger partial charge in [0.2, 0.25) is 5.91 Å². The van der Waals surface area contributed by atoms with Gasteiger partial charge >= 0.3 is 0 Å². The Kier molecular flexibility index (Phi) is 4.54. The zero-order chi connectivity index (χ0) is 18.1. The van der Waals surface area contributed by atoms with Crippen molar-refractivity contribution >= 4 is 16.8 Å². The predicted molar refractivity (Wildman–Crippen MR) is 100 cm³/mol. The number of piperidine rings is 1. The molecule has 2 aromatic rings. The molecule has 0 aliphatic carbocycles. The summed E-state index contributed by atoms with van der Waals surface area (Å²) in [5, 5.41) is 4.06. The predicted octanol–water partition coefficient (Wildman–Crippen LogP) is 1.41. The van der Waals surface area contributed by atoms with Crippen LogP contribution in [0.5, 0.6) is 0 Å². The van der Waals surface area contributed by atoms with E-state index in [9.17, 15) is 9.59 Å². The molecule has 1 spiro atoms. The largest absolute Gasteiger partial charge is 0.373 e. The number of aryl methyl sites for hydroxylation is 1. The molecule has 0 atom stereocenters. The summed E-state index contributed by atoms with van der Waals surface area (Å²) >= 11 is 0. The summed E-state index contributed by atoms with van der Waals surface area (Å²) in [6.45, 7) is 3.48. The van der Waals surface area contributed by atoms with Crippen LogP contribution in [0, 0.1) is 0 Å². The zero-order valence-corrected chi connectivity index (χ0v) is 15.2. The fraction of sp³-hybridized carbons (Fsp3) is 0.500. The summed E-state index contributed by atoms with van der Waals surface area (Å²) in [5.41, 5.74) is 1.62. The molecular formula is C20H25N3O3. The summed E-state index contributed by atoms with van der Waals surface area (Å²) in [4.78, 5) is 26.6. The third-order valence-corrected chi connectivity index (χ3v) is 5.71. The van der Waals surface area contributed by atoms with E-state index in [1.165, 1.54) is 0 Å². The van der Waals surface area contributed by atoms with E-state index in [0.717, 1.165) is 42.4 Å². The Morgan fingerprint density at radius 2 is 1.96 bits per heavy atom. The van der Waals surface area contributed by atoms with Crippen LogP contribution >= 0.6 is 0 Å². The first kappa shape index (κ1) is 17.2. The van der Waals surface area contributed by atoms with Gasteiger partial charge in [-0.1, -0.05) is 18.2 Å². The van der Waals surface area contributed by atoms with Crippen molar-refractivity contribution in [3.05, 3.63) is 46.2 Å². The molecule has 2 saturated heterocycles. The van der Waals surface area contributed by atoms with Crippen LogP contribution in [0.1, 0.15) is 24.8 Å². The minimum absolute atomic E-state index is 0.0713. The molecule has 1 aromatic heterocycles. The van der Waals surface area contributed by atoms with Crippen LogP contribution in [0.2, 0.25) is 0 Å². The molecule has 1 aromatic carbocycles. The Balaban J connectivity index is 1.48. The van der Waals surface area contributed by atoms with E-state index >= 15 is 0 Å². The zero-order valence-electron chi connectivity index (χ0n) is 15.2. The second-order valence-corrected chi connectivity index (χ2v) is 7.43. The summed E-state index contributed by atoms with van der Waals surface area (Å²) in [6.07, 6.45) is 2.20. The average molecular weight is 355 g/mol. The molecule has 6 heteroatoms. The van der Waals surface area contributed by atoms with Gasteiger partial charge in [-0.3, -0.25) is 14.5 Å². The Hall–Kier alpha value is -2.18. The number of hydrogen-bond donors (Lipinski definition) is 1. The lowest BCUT2D eigenvalue weighted by Crippen LogP contribution is -2.51. The number of aromatic nitrogens is 1. The van der Waals surface area contributed by atoms with E-state index < -0.39 is 0 Å². The first-order valence-electron chi connectivity index (χ1n) is 9.27. The van der Waals surface area contributed by atoms with Crippen molar-refractivity contribution < 1.29 is 9.53 Å². The van der Waals surface area contributed by atoms with Gasteiger partial charge in [0.15, 0.2) is 0 Å². The second kappa shape index (κ2) is 6.85. The van der Waals surface area contributed by atoms with Gasteiger partial charge in [0.25, 0.3) is 5.56 Å². The molecule has 4 rings (SSSR count). The van der Waals surface area contributed by atoms with Gasteiger partial charge in [-0.15, -0.1) is 0 Å². The number of benzene rings is 1. The van der Waals surface area contributed by atoms with Crippen molar-refractivity contribution in [1.82, 2.24) is 14.8 Å². The van der Waals surface area contributed by atoms with Crippen LogP contribution in [0.4, 0.5) is 0 Å². The third kappa shape index (κ3) is 3.27. The SMILES string of the molecule is Cn1c(=O)c(CN2CCC3(CC2)CNC(=O)CCO3)cc2ccccc21. The smallest absolute Gasteiger partial charge is 0.255 e. The van der Waals surface area contributed by atoms with Crippen molar-refractivity contribution in [2.75, 3.05) is 26.2 Å². The number of nitrogens with zero attached hydrogens (tertiary/aromatic N) is 2. The summed E-state index contributed by atoms with van der Waals surface area (Å²) in [5.74, 6) is 0.0731. The Bertz CT molecular complexity index is 881. The lowest BCUT2D eigenvalue weighted by molar-refractivity contribution is -0.120. The number of carbonyl (C=O) groups is 1. The van der Waals surface area contributed by atoms with E-state index in [-0.39, 0.29) is 17.1 Å². The third-order valence-electron chi connectivity index (χ3n) is 5.71. The highest BCUT2D eigenvalue weighted by molar-refractivity contribution is 5.79. The maximum atomic E-state index is 12.7. The molecule has 26 heavy (non-hydrogen) atoms. The van der Waals surface area contributed by atoms with Gasteiger partial charge in [-0.05, 0) is 30.4 Å². The molecular weight excluding hydrogens is 330 g/mol. The molecule has 2 aliphatic heterocycles. The topological polar surface area (TPSA) is 63.6 Å². The lowest BCUT2D eigenvalue weighted by Gasteiger charge is -2.40. The quantitative estimate of drug-likeness (QED) is 0.885. The first-order chi connectivity index (χ1) is 12.6. The number of ether oxygens (including phenoxy) is 1. The van der Waals surface area contributed by atoms with Crippen LogP contribution in [0.3, 0.4) is 0 Å².